The van der Waals surface area contributed by atoms with Crippen LogP contribution in [0.1, 0.15) is 27.8 Å². The minimum absolute atomic E-state index is 0.464. The lowest BCUT2D eigenvalue weighted by atomic mass is 9.96. The van der Waals surface area contributed by atoms with Crippen LogP contribution in [0.15, 0.2) is 200 Å². The van der Waals surface area contributed by atoms with Gasteiger partial charge in [0, 0.05) is 27.1 Å². The first-order chi connectivity index (χ1) is 36.2. The van der Waals surface area contributed by atoms with E-state index < -0.39 is 0 Å². The molecule has 0 amide bonds. The van der Waals surface area contributed by atoms with Crippen molar-refractivity contribution in [3.63, 3.8) is 0 Å². The van der Waals surface area contributed by atoms with Gasteiger partial charge in [0.25, 0.3) is 0 Å². The number of fused-ring (bicyclic) bond motifs is 6. The Morgan fingerprint density at radius 2 is 0.676 bits per heavy atom. The maximum absolute atomic E-state index is 11.6. The van der Waals surface area contributed by atoms with E-state index in [-0.39, 0.29) is 0 Å². The Kier molecular flexibility index (Phi) is 10.7. The molecule has 0 aliphatic rings. The van der Waals surface area contributed by atoms with Crippen molar-refractivity contribution >= 4 is 55.0 Å². The van der Waals surface area contributed by atoms with Gasteiger partial charge in [-0.05, 0) is 125 Å². The van der Waals surface area contributed by atoms with E-state index in [1.807, 2.05) is 103 Å². The van der Waals surface area contributed by atoms with Crippen LogP contribution >= 0.6 is 0 Å². The summed E-state index contributed by atoms with van der Waals surface area (Å²) >= 11 is 0. The van der Waals surface area contributed by atoms with Crippen LogP contribution in [0.3, 0.4) is 0 Å². The number of nitriles is 3. The number of rotatable bonds is 7. The fourth-order valence-corrected chi connectivity index (χ4v) is 10.6. The minimum atomic E-state index is 0.464. The second-order valence-corrected chi connectivity index (χ2v) is 18.7. The molecule has 0 fully saturated rings. The number of benzene rings is 10. The zero-order valence-corrected chi connectivity index (χ0v) is 40.2. The Balaban J connectivity index is 1.19. The van der Waals surface area contributed by atoms with E-state index >= 15 is 0 Å². The van der Waals surface area contributed by atoms with Crippen LogP contribution in [0.2, 0.25) is 0 Å². The molecule has 0 saturated carbocycles. The van der Waals surface area contributed by atoms with Gasteiger partial charge in [-0.2, -0.15) is 15.8 Å². The highest BCUT2D eigenvalue weighted by Gasteiger charge is 2.24. The highest BCUT2D eigenvalue weighted by Crippen LogP contribution is 2.44. The van der Waals surface area contributed by atoms with Gasteiger partial charge in [0.2, 0.25) is 0 Å². The lowest BCUT2D eigenvalue weighted by Crippen LogP contribution is -2.04. The SMILES string of the molecule is [C-]#[N+]c1ccc(-c2ccc3c4ccc(-c5ccc(C#N)cc5)cc4n(-c4cc(-c5cc(C)cc(C)c5)c(-n5c6cc(-c7ccc(C#N)cc7)ccc6c6ccc(-c7ccc([N+]#[C-])cc7)cc65)cc4C#N)c3c2)cc1. The van der Waals surface area contributed by atoms with Crippen molar-refractivity contribution in [2.75, 3.05) is 0 Å². The lowest BCUT2D eigenvalue weighted by molar-refractivity contribution is 1.13. The normalized spacial score (nSPS) is 11.0. The summed E-state index contributed by atoms with van der Waals surface area (Å²) in [6.07, 6.45) is 0. The number of aromatic nitrogens is 2. The molecule has 7 heteroatoms. The number of aryl methyl sites for hydroxylation is 2. The standard InChI is InChI=1S/C67H39N7/c1-41-29-42(2)31-53(30-41)61-37-62(73-63-32-49(45-9-5-43(38-68)6-10-45)17-25-57(63)58-26-19-51(33-64(58)73)47-13-21-55(71-3)22-14-47)54(40-70)36-67(61)74-65-34-50(46-11-7-44(39-69)8-12-46)18-27-59(65)60-28-20-52(35-66(60)74)48-15-23-56(72-4)24-16-48/h5-37H,1-2H3. The van der Waals surface area contributed by atoms with E-state index in [1.54, 1.807) is 0 Å². The molecule has 2 heterocycles. The van der Waals surface area contributed by atoms with Gasteiger partial charge in [0.15, 0.2) is 11.4 Å². The van der Waals surface area contributed by atoms with Crippen LogP contribution in [0.4, 0.5) is 11.4 Å². The monoisotopic (exact) mass is 941 g/mol. The highest BCUT2D eigenvalue weighted by atomic mass is 15.0. The third-order valence-electron chi connectivity index (χ3n) is 14.1. The summed E-state index contributed by atoms with van der Waals surface area (Å²) in [6.45, 7) is 19.4. The minimum Gasteiger partial charge on any atom is -0.309 e. The molecule has 7 nitrogen and oxygen atoms in total. The lowest BCUT2D eigenvalue weighted by Gasteiger charge is -2.20. The van der Waals surface area contributed by atoms with Gasteiger partial charge >= 0.3 is 0 Å². The van der Waals surface area contributed by atoms with Crippen LogP contribution < -0.4 is 0 Å². The first-order valence-corrected chi connectivity index (χ1v) is 24.0. The Bertz CT molecular complexity index is 4270. The van der Waals surface area contributed by atoms with E-state index in [9.17, 15) is 15.8 Å². The molecule has 12 aromatic rings. The number of hydrogen-bond donors (Lipinski definition) is 0. The fourth-order valence-electron chi connectivity index (χ4n) is 10.6. The topological polar surface area (TPSA) is 89.9 Å². The van der Waals surface area contributed by atoms with Gasteiger partial charge < -0.3 is 9.13 Å². The number of nitrogens with zero attached hydrogens (tertiary/aromatic N) is 7. The zero-order valence-electron chi connectivity index (χ0n) is 40.2. The quantitative estimate of drug-likeness (QED) is 0.149. The van der Waals surface area contributed by atoms with Crippen molar-refractivity contribution in [2.45, 2.75) is 13.8 Å². The molecular formula is C67H39N7. The third-order valence-corrected chi connectivity index (χ3v) is 14.1. The van der Waals surface area contributed by atoms with Crippen molar-refractivity contribution in [1.82, 2.24) is 9.13 Å². The molecule has 0 spiro atoms. The van der Waals surface area contributed by atoms with Gasteiger partial charge in [-0.15, -0.1) is 0 Å². The zero-order chi connectivity index (χ0) is 50.6. The van der Waals surface area contributed by atoms with Crippen LogP contribution in [0.5, 0.6) is 0 Å². The second-order valence-electron chi connectivity index (χ2n) is 18.7. The predicted molar refractivity (Wildman–Crippen MR) is 298 cm³/mol. The summed E-state index contributed by atoms with van der Waals surface area (Å²) in [5.41, 5.74) is 19.9. The maximum Gasteiger partial charge on any atom is 0.187 e. The largest absolute Gasteiger partial charge is 0.309 e. The van der Waals surface area contributed by atoms with E-state index in [0.717, 1.165) is 116 Å². The molecule has 0 atom stereocenters. The van der Waals surface area contributed by atoms with Gasteiger partial charge in [0.05, 0.1) is 75.4 Å². The van der Waals surface area contributed by atoms with Crippen LogP contribution in [-0.4, -0.2) is 9.13 Å². The Hall–Kier alpha value is -10.8. The summed E-state index contributed by atoms with van der Waals surface area (Å²) in [5.74, 6) is 0. The molecule has 342 valence electrons. The molecule has 0 saturated heterocycles. The molecule has 0 radical (unpaired) electrons. The predicted octanol–water partition coefficient (Wildman–Crippen LogP) is 17.5. The summed E-state index contributed by atoms with van der Waals surface area (Å²) < 4.78 is 4.52. The summed E-state index contributed by atoms with van der Waals surface area (Å²) in [6, 6.07) is 74.4. The first-order valence-electron chi connectivity index (χ1n) is 24.0. The van der Waals surface area contributed by atoms with Crippen molar-refractivity contribution in [3.8, 4) is 85.2 Å². The smallest absolute Gasteiger partial charge is 0.187 e. The summed E-state index contributed by atoms with van der Waals surface area (Å²) in [7, 11) is 0. The Labute approximate surface area is 427 Å². The first kappa shape index (κ1) is 44.5. The van der Waals surface area contributed by atoms with Crippen molar-refractivity contribution in [1.29, 1.82) is 15.8 Å². The van der Waals surface area contributed by atoms with Gasteiger partial charge in [0.1, 0.15) is 6.07 Å². The molecule has 0 bridgehead atoms. The summed E-state index contributed by atoms with van der Waals surface area (Å²) in [5, 5.41) is 35.0. The van der Waals surface area contributed by atoms with Crippen LogP contribution in [-0.2, 0) is 0 Å². The molecule has 0 unspecified atom stereocenters. The molecule has 10 aromatic carbocycles. The van der Waals surface area contributed by atoms with E-state index in [4.69, 9.17) is 13.1 Å². The molecular weight excluding hydrogens is 903 g/mol. The van der Waals surface area contributed by atoms with E-state index in [0.29, 0.717) is 33.8 Å². The Morgan fingerprint density at radius 3 is 1.01 bits per heavy atom. The Morgan fingerprint density at radius 1 is 0.338 bits per heavy atom. The molecule has 2 aromatic heterocycles. The van der Waals surface area contributed by atoms with Crippen LogP contribution in [0.25, 0.3) is 120 Å². The van der Waals surface area contributed by atoms with E-state index in [1.165, 1.54) is 0 Å². The second kappa shape index (κ2) is 17.9. The highest BCUT2D eigenvalue weighted by molar-refractivity contribution is 6.13. The molecule has 74 heavy (non-hydrogen) atoms. The average molecular weight is 942 g/mol. The molecule has 0 N–H and O–H groups in total. The van der Waals surface area contributed by atoms with Gasteiger partial charge in [-0.25, -0.2) is 9.69 Å². The summed E-state index contributed by atoms with van der Waals surface area (Å²) in [4.78, 5) is 7.27. The maximum atomic E-state index is 11.6. The fraction of sp³-hybridized carbons (Fsp3) is 0.0299. The molecule has 0 aliphatic heterocycles. The van der Waals surface area contributed by atoms with Crippen molar-refractivity contribution in [2.24, 2.45) is 0 Å². The third kappa shape index (κ3) is 7.58. The van der Waals surface area contributed by atoms with Crippen LogP contribution in [0, 0.1) is 61.0 Å². The van der Waals surface area contributed by atoms with Crippen molar-refractivity contribution in [3.05, 3.63) is 251 Å². The molecule has 0 aliphatic carbocycles. The van der Waals surface area contributed by atoms with Gasteiger partial charge in [-0.3, -0.25) is 0 Å². The van der Waals surface area contributed by atoms with Crippen molar-refractivity contribution < 1.29 is 0 Å². The molecule has 12 rings (SSSR count). The average Bonchev–Trinajstić information content (AvgIpc) is 3.95. The van der Waals surface area contributed by atoms with E-state index in [2.05, 4.69) is 148 Å². The van der Waals surface area contributed by atoms with Gasteiger partial charge in [-0.1, -0.05) is 151 Å². The number of hydrogen-bond acceptors (Lipinski definition) is 3.